The maximum absolute atomic E-state index is 10.2. The maximum atomic E-state index is 10.2. The Labute approximate surface area is 114 Å². The second-order valence-corrected chi connectivity index (χ2v) is 5.44. The average Bonchev–Trinajstić information content (AvgIpc) is 2.85. The van der Waals surface area contributed by atoms with E-state index in [1.54, 1.807) is 12.5 Å². The standard InChI is InChI=1S/C15H24O4/c1-11(2)4-6-13(16)15(3,18)14(17)7-5-12-8-9-19-10-12/h4,8-10,13-14,16-18H,5-7H2,1-3H3/t13-,14-,15+/m1/s1. The van der Waals surface area contributed by atoms with Crippen LogP contribution in [-0.4, -0.2) is 33.1 Å². The second kappa shape index (κ2) is 6.89. The van der Waals surface area contributed by atoms with Gasteiger partial charge in [0.25, 0.3) is 0 Å². The lowest BCUT2D eigenvalue weighted by atomic mass is 9.87. The van der Waals surface area contributed by atoms with Gasteiger partial charge in [-0.15, -0.1) is 0 Å². The van der Waals surface area contributed by atoms with Gasteiger partial charge in [-0.1, -0.05) is 11.6 Å². The van der Waals surface area contributed by atoms with E-state index in [1.807, 2.05) is 26.0 Å². The SMILES string of the molecule is CC(C)=CC[C@@H](O)[C@](C)(O)[C@H](O)CCc1ccoc1. The van der Waals surface area contributed by atoms with Crippen LogP contribution in [0.2, 0.25) is 0 Å². The van der Waals surface area contributed by atoms with Crippen LogP contribution in [0.25, 0.3) is 0 Å². The van der Waals surface area contributed by atoms with Crippen molar-refractivity contribution >= 4 is 0 Å². The molecule has 0 saturated carbocycles. The van der Waals surface area contributed by atoms with Crippen molar-refractivity contribution in [1.29, 1.82) is 0 Å². The Balaban J connectivity index is 2.52. The lowest BCUT2D eigenvalue weighted by molar-refractivity contribution is -0.134. The van der Waals surface area contributed by atoms with Gasteiger partial charge >= 0.3 is 0 Å². The summed E-state index contributed by atoms with van der Waals surface area (Å²) in [5, 5.41) is 30.3. The highest BCUT2D eigenvalue weighted by atomic mass is 16.4. The van der Waals surface area contributed by atoms with Crippen molar-refractivity contribution < 1.29 is 19.7 Å². The molecule has 0 bridgehead atoms. The molecule has 0 unspecified atom stereocenters. The van der Waals surface area contributed by atoms with E-state index in [2.05, 4.69) is 0 Å². The number of hydrogen-bond acceptors (Lipinski definition) is 4. The summed E-state index contributed by atoms with van der Waals surface area (Å²) < 4.78 is 4.94. The second-order valence-electron chi connectivity index (χ2n) is 5.44. The molecule has 0 aliphatic heterocycles. The lowest BCUT2D eigenvalue weighted by Crippen LogP contribution is -2.49. The van der Waals surface area contributed by atoms with Crippen LogP contribution in [0.4, 0.5) is 0 Å². The summed E-state index contributed by atoms with van der Waals surface area (Å²) >= 11 is 0. The highest BCUT2D eigenvalue weighted by molar-refractivity contribution is 5.06. The van der Waals surface area contributed by atoms with Crippen LogP contribution < -0.4 is 0 Å². The Morgan fingerprint density at radius 1 is 1.37 bits per heavy atom. The molecule has 4 heteroatoms. The molecule has 0 aliphatic carbocycles. The minimum absolute atomic E-state index is 0.331. The molecule has 0 fully saturated rings. The van der Waals surface area contributed by atoms with E-state index in [4.69, 9.17) is 4.42 Å². The molecule has 0 saturated heterocycles. The minimum atomic E-state index is -1.52. The molecule has 108 valence electrons. The first-order chi connectivity index (χ1) is 8.84. The van der Waals surface area contributed by atoms with Gasteiger partial charge in [-0.25, -0.2) is 0 Å². The zero-order valence-corrected chi connectivity index (χ0v) is 11.8. The van der Waals surface area contributed by atoms with Crippen molar-refractivity contribution in [2.45, 2.75) is 57.8 Å². The molecule has 19 heavy (non-hydrogen) atoms. The molecule has 4 nitrogen and oxygen atoms in total. The van der Waals surface area contributed by atoms with Crippen molar-refractivity contribution in [1.82, 2.24) is 0 Å². The fourth-order valence-corrected chi connectivity index (χ4v) is 1.84. The van der Waals surface area contributed by atoms with E-state index in [0.717, 1.165) is 11.1 Å². The summed E-state index contributed by atoms with van der Waals surface area (Å²) in [7, 11) is 0. The fraction of sp³-hybridized carbons (Fsp3) is 0.600. The first-order valence-electron chi connectivity index (χ1n) is 6.57. The first kappa shape index (κ1) is 16.0. The van der Waals surface area contributed by atoms with Gasteiger partial charge in [-0.2, -0.15) is 0 Å². The van der Waals surface area contributed by atoms with E-state index < -0.39 is 17.8 Å². The smallest absolute Gasteiger partial charge is 0.114 e. The third-order valence-electron chi connectivity index (χ3n) is 3.39. The Hall–Kier alpha value is -1.10. The van der Waals surface area contributed by atoms with Crippen LogP contribution in [0.3, 0.4) is 0 Å². The molecule has 1 rings (SSSR count). The molecular weight excluding hydrogens is 244 g/mol. The summed E-state index contributed by atoms with van der Waals surface area (Å²) in [6.45, 7) is 5.32. The van der Waals surface area contributed by atoms with Gasteiger partial charge in [0.1, 0.15) is 5.60 Å². The molecule has 0 aromatic carbocycles. The number of aliphatic hydroxyl groups excluding tert-OH is 2. The van der Waals surface area contributed by atoms with Gasteiger partial charge in [-0.05, 0) is 51.7 Å². The van der Waals surface area contributed by atoms with Crippen LogP contribution in [0, 0.1) is 0 Å². The largest absolute Gasteiger partial charge is 0.472 e. The Morgan fingerprint density at radius 3 is 2.58 bits per heavy atom. The van der Waals surface area contributed by atoms with E-state index in [-0.39, 0.29) is 0 Å². The molecule has 3 atom stereocenters. The number of furan rings is 1. The minimum Gasteiger partial charge on any atom is -0.472 e. The van der Waals surface area contributed by atoms with Gasteiger partial charge in [0.05, 0.1) is 24.7 Å². The highest BCUT2D eigenvalue weighted by Crippen LogP contribution is 2.22. The quantitative estimate of drug-likeness (QED) is 0.662. The van der Waals surface area contributed by atoms with Crippen LogP contribution in [0.5, 0.6) is 0 Å². The van der Waals surface area contributed by atoms with Crippen molar-refractivity contribution in [2.75, 3.05) is 0 Å². The Bertz CT molecular complexity index is 388. The van der Waals surface area contributed by atoms with Gasteiger partial charge in [0.2, 0.25) is 0 Å². The molecule has 0 radical (unpaired) electrons. The summed E-state index contributed by atoms with van der Waals surface area (Å²) in [5.41, 5.74) is 0.520. The lowest BCUT2D eigenvalue weighted by Gasteiger charge is -2.33. The van der Waals surface area contributed by atoms with Crippen LogP contribution in [-0.2, 0) is 6.42 Å². The first-order valence-corrected chi connectivity index (χ1v) is 6.57. The molecule has 1 heterocycles. The Morgan fingerprint density at radius 2 is 2.05 bits per heavy atom. The van der Waals surface area contributed by atoms with Crippen molar-refractivity contribution in [3.05, 3.63) is 35.8 Å². The zero-order valence-electron chi connectivity index (χ0n) is 11.8. The summed E-state index contributed by atoms with van der Waals surface area (Å²) in [6, 6.07) is 1.82. The number of allylic oxidation sites excluding steroid dienone is 1. The molecule has 0 aliphatic rings. The van der Waals surface area contributed by atoms with Crippen LogP contribution >= 0.6 is 0 Å². The topological polar surface area (TPSA) is 73.8 Å². The predicted molar refractivity (Wildman–Crippen MR) is 73.7 cm³/mol. The highest BCUT2D eigenvalue weighted by Gasteiger charge is 2.37. The molecular formula is C15H24O4. The summed E-state index contributed by atoms with van der Waals surface area (Å²) in [4.78, 5) is 0. The monoisotopic (exact) mass is 268 g/mol. The van der Waals surface area contributed by atoms with Gasteiger partial charge in [-0.3, -0.25) is 0 Å². The van der Waals surface area contributed by atoms with Crippen molar-refractivity contribution in [3.8, 4) is 0 Å². The van der Waals surface area contributed by atoms with Crippen molar-refractivity contribution in [2.24, 2.45) is 0 Å². The average molecular weight is 268 g/mol. The van der Waals surface area contributed by atoms with Gasteiger partial charge in [0.15, 0.2) is 0 Å². The molecule has 0 amide bonds. The number of aliphatic hydroxyl groups is 3. The van der Waals surface area contributed by atoms with E-state index in [0.29, 0.717) is 19.3 Å². The fourth-order valence-electron chi connectivity index (χ4n) is 1.84. The third-order valence-corrected chi connectivity index (χ3v) is 3.39. The number of rotatable bonds is 7. The maximum Gasteiger partial charge on any atom is 0.114 e. The van der Waals surface area contributed by atoms with E-state index in [1.165, 1.54) is 6.92 Å². The van der Waals surface area contributed by atoms with Gasteiger partial charge in [0, 0.05) is 0 Å². The van der Waals surface area contributed by atoms with E-state index >= 15 is 0 Å². The summed E-state index contributed by atoms with van der Waals surface area (Å²) in [6.07, 6.45) is 4.37. The van der Waals surface area contributed by atoms with Crippen LogP contribution in [0.15, 0.2) is 34.7 Å². The predicted octanol–water partition coefficient (Wildman–Crippen LogP) is 2.04. The van der Waals surface area contributed by atoms with Crippen molar-refractivity contribution in [3.63, 3.8) is 0 Å². The molecule has 0 spiro atoms. The molecule has 1 aromatic heterocycles. The summed E-state index contributed by atoms with van der Waals surface area (Å²) in [5.74, 6) is 0. The van der Waals surface area contributed by atoms with E-state index in [9.17, 15) is 15.3 Å². The number of hydrogen-bond donors (Lipinski definition) is 3. The normalized spacial score (nSPS) is 17.6. The number of aryl methyl sites for hydroxylation is 1. The third kappa shape index (κ3) is 4.82. The molecule has 3 N–H and O–H groups in total. The Kier molecular flexibility index (Phi) is 5.79. The zero-order chi connectivity index (χ0) is 14.5. The van der Waals surface area contributed by atoms with Crippen LogP contribution in [0.1, 0.15) is 39.2 Å². The molecule has 1 aromatic rings. The van der Waals surface area contributed by atoms with Gasteiger partial charge < -0.3 is 19.7 Å².